The fourth-order valence-corrected chi connectivity index (χ4v) is 3.68. The first-order valence-electron chi connectivity index (χ1n) is 9.48. The predicted molar refractivity (Wildman–Crippen MR) is 108 cm³/mol. The predicted octanol–water partition coefficient (Wildman–Crippen LogP) is 4.70. The molecule has 1 aliphatic rings. The molecule has 1 atom stereocenters. The van der Waals surface area contributed by atoms with Gasteiger partial charge in [-0.25, -0.2) is 0 Å². The van der Waals surface area contributed by atoms with E-state index in [1.54, 1.807) is 7.11 Å². The summed E-state index contributed by atoms with van der Waals surface area (Å²) >= 11 is 0. The summed E-state index contributed by atoms with van der Waals surface area (Å²) in [6.07, 6.45) is 1.99. The molecule has 0 aromatic heterocycles. The van der Waals surface area contributed by atoms with Crippen molar-refractivity contribution < 1.29 is 9.47 Å². The molecule has 0 bridgehead atoms. The van der Waals surface area contributed by atoms with E-state index in [0.29, 0.717) is 12.6 Å². The van der Waals surface area contributed by atoms with Gasteiger partial charge in [-0.1, -0.05) is 48.5 Å². The van der Waals surface area contributed by atoms with Crippen molar-refractivity contribution in [2.45, 2.75) is 25.5 Å². The molecule has 3 nitrogen and oxygen atoms in total. The first kappa shape index (κ1) is 17.6. The van der Waals surface area contributed by atoms with Crippen LogP contribution in [0.4, 0.5) is 0 Å². The third-order valence-corrected chi connectivity index (χ3v) is 5.10. The van der Waals surface area contributed by atoms with E-state index in [1.807, 2.05) is 24.3 Å². The van der Waals surface area contributed by atoms with Crippen molar-refractivity contribution in [3.8, 4) is 11.5 Å². The highest BCUT2D eigenvalue weighted by molar-refractivity contribution is 5.40. The van der Waals surface area contributed by atoms with Crippen molar-refractivity contribution in [1.82, 2.24) is 5.32 Å². The molecule has 4 rings (SSSR count). The highest BCUT2D eigenvalue weighted by Gasteiger charge is 2.20. The van der Waals surface area contributed by atoms with Gasteiger partial charge >= 0.3 is 0 Å². The Morgan fingerprint density at radius 3 is 2.59 bits per heavy atom. The molecule has 0 aliphatic carbocycles. The van der Waals surface area contributed by atoms with Gasteiger partial charge in [0.25, 0.3) is 0 Å². The molecule has 1 N–H and O–H groups in total. The van der Waals surface area contributed by atoms with Crippen LogP contribution in [0.1, 0.15) is 28.3 Å². The molecule has 27 heavy (non-hydrogen) atoms. The molecule has 1 unspecified atom stereocenters. The molecule has 1 aliphatic heterocycles. The minimum Gasteiger partial charge on any atom is -0.497 e. The summed E-state index contributed by atoms with van der Waals surface area (Å²) in [6.45, 7) is 1.59. The first-order valence-corrected chi connectivity index (χ1v) is 9.48. The second kappa shape index (κ2) is 8.28. The largest absolute Gasteiger partial charge is 0.497 e. The summed E-state index contributed by atoms with van der Waals surface area (Å²) in [5, 5.41) is 3.66. The van der Waals surface area contributed by atoms with Gasteiger partial charge in [0, 0.05) is 6.04 Å². The third-order valence-electron chi connectivity index (χ3n) is 5.10. The van der Waals surface area contributed by atoms with Crippen LogP contribution in [0.5, 0.6) is 11.5 Å². The van der Waals surface area contributed by atoms with Crippen molar-refractivity contribution in [2.75, 3.05) is 13.7 Å². The Labute approximate surface area is 161 Å². The molecular weight excluding hydrogens is 334 g/mol. The molecule has 3 aromatic rings. The number of rotatable bonds is 6. The lowest BCUT2D eigenvalue weighted by Crippen LogP contribution is -2.31. The van der Waals surface area contributed by atoms with Gasteiger partial charge in [-0.3, -0.25) is 0 Å². The smallest absolute Gasteiger partial charge is 0.120 e. The number of methoxy groups -OCH3 is 1. The number of benzene rings is 3. The van der Waals surface area contributed by atoms with E-state index in [4.69, 9.17) is 9.47 Å². The van der Waals surface area contributed by atoms with Gasteiger partial charge in [-0.2, -0.15) is 0 Å². The minimum atomic E-state index is 0.323. The number of ether oxygens (including phenoxy) is 2. The molecule has 0 saturated carbocycles. The topological polar surface area (TPSA) is 30.5 Å². The highest BCUT2D eigenvalue weighted by atomic mass is 16.5. The molecular formula is C24H25NO2. The van der Waals surface area contributed by atoms with Crippen molar-refractivity contribution >= 4 is 0 Å². The second-order valence-electron chi connectivity index (χ2n) is 6.95. The summed E-state index contributed by atoms with van der Waals surface area (Å²) in [7, 11) is 1.72. The van der Waals surface area contributed by atoms with E-state index >= 15 is 0 Å². The van der Waals surface area contributed by atoms with Crippen LogP contribution in [0.25, 0.3) is 0 Å². The van der Waals surface area contributed by atoms with E-state index in [0.717, 1.165) is 30.9 Å². The summed E-state index contributed by atoms with van der Waals surface area (Å²) in [5.74, 6) is 1.85. The highest BCUT2D eigenvalue weighted by Crippen LogP contribution is 2.29. The average molecular weight is 359 g/mol. The van der Waals surface area contributed by atoms with E-state index in [9.17, 15) is 0 Å². The summed E-state index contributed by atoms with van der Waals surface area (Å²) in [5.41, 5.74) is 5.22. The first-order chi connectivity index (χ1) is 13.3. The van der Waals surface area contributed by atoms with Gasteiger partial charge in [0.15, 0.2) is 0 Å². The van der Waals surface area contributed by atoms with Gasteiger partial charge in [-0.15, -0.1) is 0 Å². The average Bonchev–Trinajstić information content (AvgIpc) is 2.73. The summed E-state index contributed by atoms with van der Waals surface area (Å²) in [4.78, 5) is 0. The molecule has 0 fully saturated rings. The molecule has 0 saturated heterocycles. The number of hydrogen-bond acceptors (Lipinski definition) is 3. The van der Waals surface area contributed by atoms with Crippen molar-refractivity contribution in [2.24, 2.45) is 0 Å². The second-order valence-corrected chi connectivity index (χ2v) is 6.95. The fraction of sp³-hybridized carbons (Fsp3) is 0.250. The Balaban J connectivity index is 1.46. The van der Waals surface area contributed by atoms with E-state index in [-0.39, 0.29) is 0 Å². The Hall–Kier alpha value is -2.78. The van der Waals surface area contributed by atoms with E-state index in [1.165, 1.54) is 22.3 Å². The quantitative estimate of drug-likeness (QED) is 0.692. The summed E-state index contributed by atoms with van der Waals surface area (Å²) in [6, 6.07) is 25.4. The maximum atomic E-state index is 5.98. The van der Waals surface area contributed by atoms with Crippen LogP contribution in [0.3, 0.4) is 0 Å². The van der Waals surface area contributed by atoms with Crippen molar-refractivity contribution in [3.05, 3.63) is 95.1 Å². The molecule has 0 amide bonds. The fourth-order valence-electron chi connectivity index (χ4n) is 3.68. The molecule has 0 radical (unpaired) electrons. The van der Waals surface area contributed by atoms with Crippen LogP contribution in [0.15, 0.2) is 72.8 Å². The summed E-state index contributed by atoms with van der Waals surface area (Å²) < 4.78 is 11.4. The maximum absolute atomic E-state index is 5.98. The zero-order chi connectivity index (χ0) is 18.5. The molecule has 3 heteroatoms. The Kier molecular flexibility index (Phi) is 5.40. The van der Waals surface area contributed by atoms with Gasteiger partial charge in [0.2, 0.25) is 0 Å². The number of hydrogen-bond donors (Lipinski definition) is 1. The van der Waals surface area contributed by atoms with Crippen molar-refractivity contribution in [1.29, 1.82) is 0 Å². The van der Waals surface area contributed by atoms with Gasteiger partial charge in [-0.05, 0) is 65.9 Å². The molecule has 3 aromatic carbocycles. The van der Waals surface area contributed by atoms with Crippen LogP contribution >= 0.6 is 0 Å². The van der Waals surface area contributed by atoms with E-state index < -0.39 is 0 Å². The SMILES string of the molecule is COc1ccc2c(c1)CCNC2Cc1cccc(OCc2ccccc2)c1. The Morgan fingerprint density at radius 2 is 1.74 bits per heavy atom. The standard InChI is InChI=1S/C24H25NO2/c1-26-21-10-11-23-20(16-21)12-13-25-24(23)15-19-8-5-9-22(14-19)27-17-18-6-3-2-4-7-18/h2-11,14,16,24-25H,12-13,15,17H2,1H3. The normalized spacial score (nSPS) is 15.8. The third kappa shape index (κ3) is 4.32. The van der Waals surface area contributed by atoms with Crippen LogP contribution in [0, 0.1) is 0 Å². The Bertz CT molecular complexity index is 892. The molecule has 1 heterocycles. The Morgan fingerprint density at radius 1 is 0.889 bits per heavy atom. The monoisotopic (exact) mass is 359 g/mol. The van der Waals surface area contributed by atoms with Gasteiger partial charge < -0.3 is 14.8 Å². The lowest BCUT2D eigenvalue weighted by molar-refractivity contribution is 0.306. The number of nitrogens with one attached hydrogen (secondary N) is 1. The van der Waals surface area contributed by atoms with Gasteiger partial charge in [0.1, 0.15) is 18.1 Å². The van der Waals surface area contributed by atoms with Crippen LogP contribution < -0.4 is 14.8 Å². The van der Waals surface area contributed by atoms with Gasteiger partial charge in [0.05, 0.1) is 7.11 Å². The molecule has 0 spiro atoms. The zero-order valence-electron chi connectivity index (χ0n) is 15.7. The van der Waals surface area contributed by atoms with Crippen LogP contribution in [-0.2, 0) is 19.4 Å². The lowest BCUT2D eigenvalue weighted by Gasteiger charge is -2.27. The minimum absolute atomic E-state index is 0.323. The lowest BCUT2D eigenvalue weighted by atomic mass is 9.90. The van der Waals surface area contributed by atoms with E-state index in [2.05, 4.69) is 53.8 Å². The van der Waals surface area contributed by atoms with Crippen LogP contribution in [-0.4, -0.2) is 13.7 Å². The maximum Gasteiger partial charge on any atom is 0.120 e. The zero-order valence-corrected chi connectivity index (χ0v) is 15.7. The van der Waals surface area contributed by atoms with Crippen LogP contribution in [0.2, 0.25) is 0 Å². The number of fused-ring (bicyclic) bond motifs is 1. The molecule has 138 valence electrons. The van der Waals surface area contributed by atoms with Crippen molar-refractivity contribution in [3.63, 3.8) is 0 Å².